The molecule has 1 atom stereocenters. The number of aromatic hydroxyl groups is 1. The SMILES string of the molecule is CCOc1cc(/C=N/NC(=O)COc2ccc(C(C)CC)cc2)cc(Br)c1O. The third-order valence-electron chi connectivity index (χ3n) is 4.18. The molecule has 7 heteroatoms. The van der Waals surface area contributed by atoms with Gasteiger partial charge in [-0.2, -0.15) is 5.10 Å². The van der Waals surface area contributed by atoms with E-state index in [1.54, 1.807) is 12.1 Å². The second-order valence-corrected chi connectivity index (χ2v) is 7.10. The molecule has 1 unspecified atom stereocenters. The second-order valence-electron chi connectivity index (χ2n) is 6.24. The number of phenols is 1. The molecule has 0 heterocycles. The first-order valence-corrected chi connectivity index (χ1v) is 9.93. The molecule has 0 aliphatic heterocycles. The molecule has 0 radical (unpaired) electrons. The highest BCUT2D eigenvalue weighted by atomic mass is 79.9. The van der Waals surface area contributed by atoms with Crippen molar-refractivity contribution in [3.63, 3.8) is 0 Å². The van der Waals surface area contributed by atoms with Crippen LogP contribution in [0, 0.1) is 0 Å². The smallest absolute Gasteiger partial charge is 0.277 e. The van der Waals surface area contributed by atoms with Crippen molar-refractivity contribution in [2.45, 2.75) is 33.1 Å². The monoisotopic (exact) mass is 448 g/mol. The molecule has 150 valence electrons. The largest absolute Gasteiger partial charge is 0.503 e. The van der Waals surface area contributed by atoms with Gasteiger partial charge in [0.2, 0.25) is 0 Å². The minimum absolute atomic E-state index is 0.0239. The van der Waals surface area contributed by atoms with E-state index < -0.39 is 0 Å². The van der Waals surface area contributed by atoms with Gasteiger partial charge in [-0.3, -0.25) is 4.79 Å². The van der Waals surface area contributed by atoms with Gasteiger partial charge in [0.25, 0.3) is 5.91 Å². The summed E-state index contributed by atoms with van der Waals surface area (Å²) in [5.41, 5.74) is 4.32. The molecule has 0 spiro atoms. The van der Waals surface area contributed by atoms with E-state index in [9.17, 15) is 9.90 Å². The van der Waals surface area contributed by atoms with E-state index in [0.717, 1.165) is 6.42 Å². The van der Waals surface area contributed by atoms with Crippen molar-refractivity contribution in [3.05, 3.63) is 52.0 Å². The Labute approximate surface area is 173 Å². The zero-order chi connectivity index (χ0) is 20.5. The lowest BCUT2D eigenvalue weighted by atomic mass is 9.99. The zero-order valence-electron chi connectivity index (χ0n) is 16.2. The molecule has 2 aromatic carbocycles. The van der Waals surface area contributed by atoms with E-state index in [0.29, 0.717) is 34.1 Å². The summed E-state index contributed by atoms with van der Waals surface area (Å²) in [6.07, 6.45) is 2.54. The fraction of sp³-hybridized carbons (Fsp3) is 0.333. The van der Waals surface area contributed by atoms with Crippen LogP contribution in [0.3, 0.4) is 0 Å². The first-order valence-electron chi connectivity index (χ1n) is 9.14. The highest BCUT2D eigenvalue weighted by molar-refractivity contribution is 9.10. The van der Waals surface area contributed by atoms with Crippen molar-refractivity contribution in [2.24, 2.45) is 5.10 Å². The Bertz CT molecular complexity index is 822. The van der Waals surface area contributed by atoms with Crippen LogP contribution >= 0.6 is 15.9 Å². The number of halogens is 1. The molecular weight excluding hydrogens is 424 g/mol. The van der Waals surface area contributed by atoms with E-state index >= 15 is 0 Å². The van der Waals surface area contributed by atoms with E-state index in [4.69, 9.17) is 9.47 Å². The van der Waals surface area contributed by atoms with E-state index in [2.05, 4.69) is 40.3 Å². The maximum absolute atomic E-state index is 11.9. The van der Waals surface area contributed by atoms with Crippen LogP contribution in [0.15, 0.2) is 46.0 Å². The number of nitrogens with one attached hydrogen (secondary N) is 1. The first kappa shape index (κ1) is 21.8. The summed E-state index contributed by atoms with van der Waals surface area (Å²) in [4.78, 5) is 11.9. The fourth-order valence-electron chi connectivity index (χ4n) is 2.42. The van der Waals surface area contributed by atoms with Crippen LogP contribution in [0.5, 0.6) is 17.2 Å². The Balaban J connectivity index is 1.87. The first-order chi connectivity index (χ1) is 13.4. The molecule has 0 saturated heterocycles. The summed E-state index contributed by atoms with van der Waals surface area (Å²) in [7, 11) is 0. The van der Waals surface area contributed by atoms with Gasteiger partial charge in [0.05, 0.1) is 17.3 Å². The lowest BCUT2D eigenvalue weighted by molar-refractivity contribution is -0.123. The Hall–Kier alpha value is -2.54. The number of carbonyl (C=O) groups is 1. The molecule has 0 saturated carbocycles. The minimum atomic E-state index is -0.370. The van der Waals surface area contributed by atoms with Crippen molar-refractivity contribution in [1.82, 2.24) is 5.43 Å². The summed E-state index contributed by atoms with van der Waals surface area (Å²) < 4.78 is 11.3. The molecule has 0 aliphatic carbocycles. The molecule has 2 aromatic rings. The van der Waals surface area contributed by atoms with Crippen LogP contribution < -0.4 is 14.9 Å². The minimum Gasteiger partial charge on any atom is -0.503 e. The Morgan fingerprint density at radius 2 is 1.96 bits per heavy atom. The van der Waals surface area contributed by atoms with Gasteiger partial charge < -0.3 is 14.6 Å². The van der Waals surface area contributed by atoms with Gasteiger partial charge in [-0.15, -0.1) is 0 Å². The van der Waals surface area contributed by atoms with Crippen LogP contribution in [-0.4, -0.2) is 30.4 Å². The number of amides is 1. The summed E-state index contributed by atoms with van der Waals surface area (Å²) in [6, 6.07) is 11.1. The maximum Gasteiger partial charge on any atom is 0.277 e. The van der Waals surface area contributed by atoms with Crippen molar-refractivity contribution >= 4 is 28.1 Å². The lowest BCUT2D eigenvalue weighted by Gasteiger charge is -2.10. The van der Waals surface area contributed by atoms with Gasteiger partial charge in [-0.25, -0.2) is 5.43 Å². The van der Waals surface area contributed by atoms with Crippen molar-refractivity contribution in [3.8, 4) is 17.2 Å². The van der Waals surface area contributed by atoms with E-state index in [1.165, 1.54) is 11.8 Å². The van der Waals surface area contributed by atoms with Crippen LogP contribution in [-0.2, 0) is 4.79 Å². The van der Waals surface area contributed by atoms with E-state index in [1.807, 2.05) is 31.2 Å². The van der Waals surface area contributed by atoms with Gasteiger partial charge >= 0.3 is 0 Å². The summed E-state index contributed by atoms with van der Waals surface area (Å²) >= 11 is 3.26. The summed E-state index contributed by atoms with van der Waals surface area (Å²) in [5.74, 6) is 1.12. The van der Waals surface area contributed by atoms with Gasteiger partial charge in [-0.05, 0) is 70.6 Å². The molecular formula is C21H25BrN2O4. The number of rotatable bonds is 9. The van der Waals surface area contributed by atoms with Gasteiger partial charge in [0, 0.05) is 0 Å². The summed E-state index contributed by atoms with van der Waals surface area (Å²) in [5, 5.41) is 13.8. The van der Waals surface area contributed by atoms with Crippen LogP contribution in [0.1, 0.15) is 44.2 Å². The average Bonchev–Trinajstić information content (AvgIpc) is 2.70. The Kier molecular flexibility index (Phi) is 8.32. The molecule has 1 amide bonds. The molecule has 28 heavy (non-hydrogen) atoms. The van der Waals surface area contributed by atoms with Crippen LogP contribution in [0.25, 0.3) is 0 Å². The quantitative estimate of drug-likeness (QED) is 0.433. The summed E-state index contributed by atoms with van der Waals surface area (Å²) in [6.45, 7) is 6.43. The lowest BCUT2D eigenvalue weighted by Crippen LogP contribution is -2.24. The number of hydrogen-bond acceptors (Lipinski definition) is 5. The van der Waals surface area contributed by atoms with Crippen molar-refractivity contribution in [1.29, 1.82) is 0 Å². The molecule has 0 aromatic heterocycles. The second kappa shape index (κ2) is 10.7. The van der Waals surface area contributed by atoms with E-state index in [-0.39, 0.29) is 18.3 Å². The van der Waals surface area contributed by atoms with Crippen LogP contribution in [0.2, 0.25) is 0 Å². The Morgan fingerprint density at radius 3 is 2.61 bits per heavy atom. The number of hydrazone groups is 1. The number of carbonyl (C=O) groups excluding carboxylic acids is 1. The zero-order valence-corrected chi connectivity index (χ0v) is 17.8. The molecule has 2 rings (SSSR count). The van der Waals surface area contributed by atoms with Crippen LogP contribution in [0.4, 0.5) is 0 Å². The fourth-order valence-corrected chi connectivity index (χ4v) is 2.88. The normalized spacial score (nSPS) is 12.0. The molecule has 0 bridgehead atoms. The number of nitrogens with zero attached hydrogens (tertiary/aromatic N) is 1. The predicted molar refractivity (Wildman–Crippen MR) is 113 cm³/mol. The third kappa shape index (κ3) is 6.27. The standard InChI is InChI=1S/C21H25BrN2O4/c1-4-14(3)16-6-8-17(9-7-16)28-13-20(25)24-23-12-15-10-18(22)21(26)19(11-15)27-5-2/h6-12,14,26H,4-5,13H2,1-3H3,(H,24,25)/b23-12+. The third-order valence-corrected chi connectivity index (χ3v) is 4.79. The van der Waals surface area contributed by atoms with Crippen molar-refractivity contribution in [2.75, 3.05) is 13.2 Å². The highest BCUT2D eigenvalue weighted by Crippen LogP contribution is 2.35. The molecule has 0 fully saturated rings. The van der Waals surface area contributed by atoms with Crippen molar-refractivity contribution < 1.29 is 19.4 Å². The van der Waals surface area contributed by atoms with Gasteiger partial charge in [0.15, 0.2) is 18.1 Å². The number of hydrogen-bond donors (Lipinski definition) is 2. The topological polar surface area (TPSA) is 80.2 Å². The molecule has 0 aliphatic rings. The Morgan fingerprint density at radius 1 is 1.25 bits per heavy atom. The molecule has 6 nitrogen and oxygen atoms in total. The van der Waals surface area contributed by atoms with Gasteiger partial charge in [0.1, 0.15) is 5.75 Å². The maximum atomic E-state index is 11.9. The van der Waals surface area contributed by atoms with Gasteiger partial charge in [-0.1, -0.05) is 26.0 Å². The number of phenolic OH excluding ortho intramolecular Hbond substituents is 1. The highest BCUT2D eigenvalue weighted by Gasteiger charge is 2.09. The average molecular weight is 449 g/mol. The molecule has 2 N–H and O–H groups in total. The predicted octanol–water partition coefficient (Wildman–Crippen LogP) is 4.60. The number of benzene rings is 2. The number of ether oxygens (including phenoxy) is 2.